The van der Waals surface area contributed by atoms with Crippen LogP contribution in [0.25, 0.3) is 0 Å². The van der Waals surface area contributed by atoms with Gasteiger partial charge in [-0.25, -0.2) is 4.79 Å². The molecule has 1 aliphatic rings. The van der Waals surface area contributed by atoms with Crippen molar-refractivity contribution in [3.05, 3.63) is 0 Å². The number of alkyl halides is 1. The Bertz CT molecular complexity index is 152. The molecule has 0 aliphatic carbocycles. The Morgan fingerprint density at radius 3 is 3.00 bits per heavy atom. The highest BCUT2D eigenvalue weighted by molar-refractivity contribution is 9.09. The number of hydrogen-bond donors (Lipinski definition) is 2. The summed E-state index contributed by atoms with van der Waals surface area (Å²) < 4.78 is 0. The molecule has 2 amide bonds. The van der Waals surface area contributed by atoms with E-state index in [1.807, 2.05) is 0 Å². The molecular weight excluding hydrogens is 198 g/mol. The van der Waals surface area contributed by atoms with Crippen LogP contribution in [-0.4, -0.2) is 35.5 Å². The van der Waals surface area contributed by atoms with Crippen LogP contribution in [0.4, 0.5) is 4.79 Å². The second-order valence-corrected chi connectivity index (χ2v) is 3.48. The Kier molecular flexibility index (Phi) is 2.15. The molecular formula is C5H10BrN3O. The van der Waals surface area contributed by atoms with Crippen LogP contribution in [0.3, 0.4) is 0 Å². The van der Waals surface area contributed by atoms with Gasteiger partial charge >= 0.3 is 6.03 Å². The molecule has 1 heterocycles. The quantitative estimate of drug-likeness (QED) is 0.536. The summed E-state index contributed by atoms with van der Waals surface area (Å²) >= 11 is 3.34. The summed E-state index contributed by atoms with van der Waals surface area (Å²) in [5.41, 5.74) is 5.63. The van der Waals surface area contributed by atoms with Gasteiger partial charge in [-0.05, 0) is 0 Å². The van der Waals surface area contributed by atoms with Crippen molar-refractivity contribution in [1.82, 2.24) is 10.2 Å². The minimum atomic E-state index is -0.214. The number of amides is 2. The molecule has 1 rings (SSSR count). The molecule has 0 spiro atoms. The van der Waals surface area contributed by atoms with Gasteiger partial charge in [-0.1, -0.05) is 15.9 Å². The zero-order chi connectivity index (χ0) is 7.72. The normalized spacial score (nSPS) is 33.9. The van der Waals surface area contributed by atoms with E-state index in [0.29, 0.717) is 6.54 Å². The molecule has 1 aliphatic heterocycles. The van der Waals surface area contributed by atoms with E-state index in [1.54, 1.807) is 7.05 Å². The number of carbonyl (C=O) groups is 1. The van der Waals surface area contributed by atoms with Gasteiger partial charge in [0, 0.05) is 13.6 Å². The first kappa shape index (κ1) is 7.81. The molecule has 0 saturated carbocycles. The fraction of sp³-hybridized carbons (Fsp3) is 0.800. The van der Waals surface area contributed by atoms with Crippen LogP contribution in [-0.2, 0) is 0 Å². The zero-order valence-corrected chi connectivity index (χ0v) is 7.26. The molecule has 4 nitrogen and oxygen atoms in total. The lowest BCUT2D eigenvalue weighted by molar-refractivity contribution is 0.177. The maximum absolute atomic E-state index is 10.9. The van der Waals surface area contributed by atoms with Crippen LogP contribution in [0.2, 0.25) is 0 Å². The maximum atomic E-state index is 10.9. The van der Waals surface area contributed by atoms with Crippen LogP contribution in [0.5, 0.6) is 0 Å². The summed E-state index contributed by atoms with van der Waals surface area (Å²) in [5, 5.41) is 2.67. The summed E-state index contributed by atoms with van der Waals surface area (Å²) in [7, 11) is 1.67. The number of rotatable bonds is 0. The first-order valence-corrected chi connectivity index (χ1v) is 3.95. The van der Waals surface area contributed by atoms with Crippen molar-refractivity contribution >= 4 is 22.0 Å². The Hall–Kier alpha value is -0.290. The molecule has 5 heteroatoms. The highest BCUT2D eigenvalue weighted by Gasteiger charge is 2.28. The van der Waals surface area contributed by atoms with Gasteiger partial charge in [-0.2, -0.15) is 0 Å². The van der Waals surface area contributed by atoms with Gasteiger partial charge in [0.25, 0.3) is 0 Å². The van der Waals surface area contributed by atoms with Gasteiger partial charge < -0.3 is 16.0 Å². The SMILES string of the molecule is CN1C(=O)NCC(Br)C1N. The first-order chi connectivity index (χ1) is 4.63. The fourth-order valence-electron chi connectivity index (χ4n) is 0.808. The van der Waals surface area contributed by atoms with Gasteiger partial charge in [0.2, 0.25) is 0 Å². The molecule has 0 bridgehead atoms. The predicted molar refractivity (Wildman–Crippen MR) is 41.9 cm³/mol. The highest BCUT2D eigenvalue weighted by Crippen LogP contribution is 2.10. The fourth-order valence-corrected chi connectivity index (χ4v) is 1.32. The van der Waals surface area contributed by atoms with Gasteiger partial charge in [0.05, 0.1) is 11.0 Å². The molecule has 0 radical (unpaired) electrons. The molecule has 1 fully saturated rings. The first-order valence-electron chi connectivity index (χ1n) is 3.03. The Labute approximate surface area is 67.9 Å². The van der Waals surface area contributed by atoms with Crippen molar-refractivity contribution in [2.45, 2.75) is 11.0 Å². The molecule has 58 valence electrons. The number of urea groups is 1. The smallest absolute Gasteiger partial charge is 0.318 e. The third-order valence-electron chi connectivity index (χ3n) is 1.59. The topological polar surface area (TPSA) is 58.4 Å². The summed E-state index contributed by atoms with van der Waals surface area (Å²) in [6, 6.07) is -0.108. The van der Waals surface area contributed by atoms with E-state index < -0.39 is 0 Å². The van der Waals surface area contributed by atoms with E-state index in [-0.39, 0.29) is 17.0 Å². The molecule has 1 saturated heterocycles. The number of nitrogens with one attached hydrogen (secondary N) is 1. The van der Waals surface area contributed by atoms with Gasteiger partial charge in [0.15, 0.2) is 0 Å². The average Bonchev–Trinajstić information content (AvgIpc) is 1.93. The molecule has 0 aromatic rings. The average molecular weight is 208 g/mol. The van der Waals surface area contributed by atoms with Gasteiger partial charge in [-0.15, -0.1) is 0 Å². The third kappa shape index (κ3) is 1.24. The van der Waals surface area contributed by atoms with Crippen LogP contribution in [0.1, 0.15) is 0 Å². The van der Waals surface area contributed by atoms with E-state index in [4.69, 9.17) is 5.73 Å². The van der Waals surface area contributed by atoms with E-state index in [1.165, 1.54) is 4.90 Å². The predicted octanol–water partition coefficient (Wildman–Crippen LogP) is -0.310. The van der Waals surface area contributed by atoms with Crippen LogP contribution >= 0.6 is 15.9 Å². The Balaban J connectivity index is 2.60. The van der Waals surface area contributed by atoms with Crippen molar-refractivity contribution in [3.63, 3.8) is 0 Å². The van der Waals surface area contributed by atoms with E-state index >= 15 is 0 Å². The number of hydrogen-bond acceptors (Lipinski definition) is 2. The number of halogens is 1. The van der Waals surface area contributed by atoms with Gasteiger partial charge in [-0.3, -0.25) is 0 Å². The lowest BCUT2D eigenvalue weighted by atomic mass is 10.3. The third-order valence-corrected chi connectivity index (χ3v) is 2.45. The molecule has 10 heavy (non-hydrogen) atoms. The minimum Gasteiger partial charge on any atom is -0.337 e. The Morgan fingerprint density at radius 2 is 2.50 bits per heavy atom. The second-order valence-electron chi connectivity index (χ2n) is 2.30. The second kappa shape index (κ2) is 2.75. The standard InChI is InChI=1S/C5H10BrN3O/c1-9-4(7)3(6)2-8-5(9)10/h3-4H,2,7H2,1H3,(H,8,10). The molecule has 2 atom stereocenters. The van der Waals surface area contributed by atoms with Crippen LogP contribution in [0, 0.1) is 0 Å². The summed E-state index contributed by atoms with van der Waals surface area (Å²) in [6.07, 6.45) is -0.214. The monoisotopic (exact) mass is 207 g/mol. The molecule has 2 unspecified atom stereocenters. The van der Waals surface area contributed by atoms with Crippen molar-refractivity contribution in [2.75, 3.05) is 13.6 Å². The van der Waals surface area contributed by atoms with E-state index in [9.17, 15) is 4.79 Å². The van der Waals surface area contributed by atoms with Crippen molar-refractivity contribution < 1.29 is 4.79 Å². The van der Waals surface area contributed by atoms with Gasteiger partial charge in [0.1, 0.15) is 0 Å². The number of carbonyl (C=O) groups excluding carboxylic acids is 1. The molecule has 0 aromatic carbocycles. The largest absolute Gasteiger partial charge is 0.337 e. The van der Waals surface area contributed by atoms with E-state index in [0.717, 1.165) is 0 Å². The van der Waals surface area contributed by atoms with Crippen LogP contribution < -0.4 is 11.1 Å². The molecule has 3 N–H and O–H groups in total. The van der Waals surface area contributed by atoms with Crippen molar-refractivity contribution in [2.24, 2.45) is 5.73 Å². The van der Waals surface area contributed by atoms with Crippen LogP contribution in [0.15, 0.2) is 0 Å². The number of nitrogens with zero attached hydrogens (tertiary/aromatic N) is 1. The van der Waals surface area contributed by atoms with E-state index in [2.05, 4.69) is 21.2 Å². The zero-order valence-electron chi connectivity index (χ0n) is 5.67. The van der Waals surface area contributed by atoms with Crippen molar-refractivity contribution in [3.8, 4) is 0 Å². The summed E-state index contributed by atoms with van der Waals surface area (Å²) in [5.74, 6) is 0. The number of nitrogens with two attached hydrogens (primary N) is 1. The lowest BCUT2D eigenvalue weighted by Crippen LogP contribution is -2.60. The molecule has 0 aromatic heterocycles. The van der Waals surface area contributed by atoms with Crippen molar-refractivity contribution in [1.29, 1.82) is 0 Å². The summed E-state index contributed by atoms with van der Waals surface area (Å²) in [4.78, 5) is 12.5. The Morgan fingerprint density at radius 1 is 1.90 bits per heavy atom. The summed E-state index contributed by atoms with van der Waals surface area (Å²) in [6.45, 7) is 0.602. The lowest BCUT2D eigenvalue weighted by Gasteiger charge is -2.33. The minimum absolute atomic E-state index is 0.108. The maximum Gasteiger partial charge on any atom is 0.318 e. The highest BCUT2D eigenvalue weighted by atomic mass is 79.9.